The molecule has 0 saturated carbocycles. The van der Waals surface area contributed by atoms with E-state index in [1.807, 2.05) is 0 Å². The molecule has 0 aliphatic carbocycles. The number of nitrogens with two attached hydrogens (primary N) is 1. The van der Waals surface area contributed by atoms with Crippen molar-refractivity contribution in [3.8, 4) is 0 Å². The standard InChI is InChI=1S/C10H16N2O4S/c1-5-6(7(13)14)17-8(11)12(5)9(15)16-10(2,3)4/h8H,11H2,1-4H3,(H,13,14). The predicted octanol–water partition coefficient (Wildman–Crippen LogP) is 1.53. The number of carboxylic acids is 1. The lowest BCUT2D eigenvalue weighted by molar-refractivity contribution is -0.131. The second-order valence-corrected chi connectivity index (χ2v) is 5.71. The Labute approximate surface area is 104 Å². The molecule has 7 heteroatoms. The van der Waals surface area contributed by atoms with Crippen molar-refractivity contribution in [2.24, 2.45) is 5.73 Å². The number of amides is 1. The molecule has 0 fully saturated rings. The third kappa shape index (κ3) is 3.13. The molecule has 0 bridgehead atoms. The number of rotatable bonds is 1. The minimum Gasteiger partial charge on any atom is -0.477 e. The molecule has 1 amide bonds. The second kappa shape index (κ2) is 4.58. The van der Waals surface area contributed by atoms with Crippen LogP contribution in [-0.4, -0.2) is 33.2 Å². The molecule has 1 rings (SSSR count). The minimum atomic E-state index is -1.09. The van der Waals surface area contributed by atoms with Gasteiger partial charge in [0, 0.05) is 5.70 Å². The first kappa shape index (κ1) is 13.9. The largest absolute Gasteiger partial charge is 0.477 e. The Morgan fingerprint density at radius 3 is 2.35 bits per heavy atom. The monoisotopic (exact) mass is 260 g/mol. The van der Waals surface area contributed by atoms with Crippen molar-refractivity contribution in [3.63, 3.8) is 0 Å². The maximum Gasteiger partial charge on any atom is 0.416 e. The highest BCUT2D eigenvalue weighted by molar-refractivity contribution is 8.04. The molecule has 0 aromatic carbocycles. The first-order chi connectivity index (χ1) is 7.63. The van der Waals surface area contributed by atoms with E-state index in [4.69, 9.17) is 15.6 Å². The third-order valence-electron chi connectivity index (χ3n) is 1.97. The molecule has 1 atom stereocenters. The molecule has 96 valence electrons. The number of allylic oxidation sites excluding steroid dienone is 1. The lowest BCUT2D eigenvalue weighted by atomic mass is 10.2. The Bertz CT molecular complexity index is 386. The van der Waals surface area contributed by atoms with Crippen LogP contribution < -0.4 is 5.73 Å². The SMILES string of the molecule is CC1=C(C(=O)O)SC(N)N1C(=O)OC(C)(C)C. The van der Waals surface area contributed by atoms with Crippen LogP contribution >= 0.6 is 11.8 Å². The minimum absolute atomic E-state index is 0.0726. The summed E-state index contributed by atoms with van der Waals surface area (Å²) in [5, 5.41) is 8.92. The highest BCUT2D eigenvalue weighted by atomic mass is 32.2. The Kier molecular flexibility index (Phi) is 3.73. The molecule has 1 aliphatic rings. The fraction of sp³-hybridized carbons (Fsp3) is 0.600. The van der Waals surface area contributed by atoms with Gasteiger partial charge in [-0.15, -0.1) is 0 Å². The average Bonchev–Trinajstić information content (AvgIpc) is 2.38. The summed E-state index contributed by atoms with van der Waals surface area (Å²) in [5.74, 6) is -1.09. The Balaban J connectivity index is 2.91. The molecule has 1 unspecified atom stereocenters. The molecule has 1 aliphatic heterocycles. The van der Waals surface area contributed by atoms with Crippen molar-refractivity contribution in [2.75, 3.05) is 0 Å². The molecule has 3 N–H and O–H groups in total. The maximum atomic E-state index is 11.8. The molecule has 0 aromatic heterocycles. The van der Waals surface area contributed by atoms with Gasteiger partial charge in [0.2, 0.25) is 0 Å². The van der Waals surface area contributed by atoms with Crippen LogP contribution in [0.4, 0.5) is 4.79 Å². The molecule has 0 radical (unpaired) electrons. The number of aliphatic carboxylic acids is 1. The van der Waals surface area contributed by atoms with Gasteiger partial charge in [0.25, 0.3) is 0 Å². The fourth-order valence-corrected chi connectivity index (χ4v) is 2.28. The summed E-state index contributed by atoms with van der Waals surface area (Å²) in [4.78, 5) is 24.0. The van der Waals surface area contributed by atoms with Gasteiger partial charge in [-0.3, -0.25) is 4.90 Å². The molecular formula is C10H16N2O4S. The summed E-state index contributed by atoms with van der Waals surface area (Å²) in [6.07, 6.45) is -0.633. The van der Waals surface area contributed by atoms with Gasteiger partial charge in [-0.05, 0) is 27.7 Å². The van der Waals surface area contributed by atoms with Crippen molar-refractivity contribution >= 4 is 23.8 Å². The van der Waals surface area contributed by atoms with Crippen molar-refractivity contribution in [1.82, 2.24) is 4.90 Å². The smallest absolute Gasteiger partial charge is 0.416 e. The average molecular weight is 260 g/mol. The van der Waals surface area contributed by atoms with Gasteiger partial charge in [-0.25, -0.2) is 9.59 Å². The second-order valence-electron chi connectivity index (χ2n) is 4.58. The quantitative estimate of drug-likeness (QED) is 0.742. The van der Waals surface area contributed by atoms with Crippen molar-refractivity contribution in [1.29, 1.82) is 0 Å². The molecule has 0 aromatic rings. The number of hydrogen-bond acceptors (Lipinski definition) is 5. The highest BCUT2D eigenvalue weighted by Crippen LogP contribution is 2.36. The molecule has 17 heavy (non-hydrogen) atoms. The zero-order valence-corrected chi connectivity index (χ0v) is 11.0. The highest BCUT2D eigenvalue weighted by Gasteiger charge is 2.37. The van der Waals surface area contributed by atoms with Crippen molar-refractivity contribution in [2.45, 2.75) is 38.8 Å². The summed E-state index contributed by atoms with van der Waals surface area (Å²) in [7, 11) is 0. The number of thioether (sulfide) groups is 1. The van der Waals surface area contributed by atoms with E-state index in [-0.39, 0.29) is 4.91 Å². The van der Waals surface area contributed by atoms with E-state index in [0.29, 0.717) is 5.70 Å². The first-order valence-electron chi connectivity index (χ1n) is 5.02. The van der Waals surface area contributed by atoms with Crippen molar-refractivity contribution in [3.05, 3.63) is 10.6 Å². The molecule has 0 saturated heterocycles. The van der Waals surface area contributed by atoms with Crippen LogP contribution in [0.5, 0.6) is 0 Å². The Hall–Kier alpha value is -1.21. The zero-order chi connectivity index (χ0) is 13.4. The normalized spacial score (nSPS) is 20.8. The van der Waals surface area contributed by atoms with E-state index >= 15 is 0 Å². The number of carbonyl (C=O) groups excluding carboxylic acids is 1. The van der Waals surface area contributed by atoms with Crippen LogP contribution in [0.2, 0.25) is 0 Å². The van der Waals surface area contributed by atoms with E-state index in [0.717, 1.165) is 16.7 Å². The van der Waals surface area contributed by atoms with E-state index in [1.54, 1.807) is 20.8 Å². The Morgan fingerprint density at radius 2 is 2.00 bits per heavy atom. The summed E-state index contributed by atoms with van der Waals surface area (Å²) in [5.41, 5.74) is 4.61. The van der Waals surface area contributed by atoms with Gasteiger partial charge < -0.3 is 15.6 Å². The maximum absolute atomic E-state index is 11.8. The summed E-state index contributed by atoms with van der Waals surface area (Å²) in [6.45, 7) is 6.73. The Morgan fingerprint density at radius 1 is 1.47 bits per heavy atom. The third-order valence-corrected chi connectivity index (χ3v) is 3.13. The van der Waals surface area contributed by atoms with E-state index < -0.39 is 23.2 Å². The van der Waals surface area contributed by atoms with Crippen LogP contribution in [0.3, 0.4) is 0 Å². The van der Waals surface area contributed by atoms with E-state index in [2.05, 4.69) is 0 Å². The number of hydrogen-bond donors (Lipinski definition) is 2. The fourth-order valence-electron chi connectivity index (χ4n) is 1.32. The van der Waals surface area contributed by atoms with E-state index in [1.165, 1.54) is 6.92 Å². The summed E-state index contributed by atoms with van der Waals surface area (Å²) in [6, 6.07) is 0. The van der Waals surface area contributed by atoms with Gasteiger partial charge in [0.15, 0.2) is 0 Å². The number of ether oxygens (including phenoxy) is 1. The van der Waals surface area contributed by atoms with Crippen LogP contribution in [-0.2, 0) is 9.53 Å². The van der Waals surface area contributed by atoms with Crippen molar-refractivity contribution < 1.29 is 19.4 Å². The summed E-state index contributed by atoms with van der Waals surface area (Å²) >= 11 is 0.927. The van der Waals surface area contributed by atoms with Crippen LogP contribution in [0.1, 0.15) is 27.7 Å². The van der Waals surface area contributed by atoms with Crippen LogP contribution in [0, 0.1) is 0 Å². The van der Waals surface area contributed by atoms with Crippen LogP contribution in [0.15, 0.2) is 10.6 Å². The van der Waals surface area contributed by atoms with Gasteiger partial charge in [0.1, 0.15) is 16.0 Å². The van der Waals surface area contributed by atoms with Gasteiger partial charge in [0.05, 0.1) is 0 Å². The first-order valence-corrected chi connectivity index (χ1v) is 5.90. The zero-order valence-electron chi connectivity index (χ0n) is 10.2. The lowest BCUT2D eigenvalue weighted by Gasteiger charge is -2.27. The van der Waals surface area contributed by atoms with Gasteiger partial charge in [-0.1, -0.05) is 11.8 Å². The molecule has 0 spiro atoms. The lowest BCUT2D eigenvalue weighted by Crippen LogP contribution is -2.42. The number of carbonyl (C=O) groups is 2. The molecular weight excluding hydrogens is 244 g/mol. The van der Waals surface area contributed by atoms with Crippen LogP contribution in [0.25, 0.3) is 0 Å². The number of nitrogens with zero attached hydrogens (tertiary/aromatic N) is 1. The molecule has 1 heterocycles. The number of carboxylic acid groups (broad SMARTS) is 1. The van der Waals surface area contributed by atoms with E-state index in [9.17, 15) is 9.59 Å². The topological polar surface area (TPSA) is 92.9 Å². The van der Waals surface area contributed by atoms with Gasteiger partial charge >= 0.3 is 12.1 Å². The summed E-state index contributed by atoms with van der Waals surface area (Å²) < 4.78 is 5.16. The predicted molar refractivity (Wildman–Crippen MR) is 64.0 cm³/mol. The van der Waals surface area contributed by atoms with Gasteiger partial charge in [-0.2, -0.15) is 0 Å². The molecule has 6 nitrogen and oxygen atoms in total.